The molecule has 0 aliphatic carbocycles. The Bertz CT molecular complexity index is 221. The van der Waals surface area contributed by atoms with E-state index in [1.54, 1.807) is 7.11 Å². The fraction of sp³-hybridized carbons (Fsp3) is 0.800. The molecule has 0 fully saturated rings. The van der Waals surface area contributed by atoms with E-state index in [4.69, 9.17) is 9.84 Å². The highest BCUT2D eigenvalue weighted by Crippen LogP contribution is 1.88. The van der Waals surface area contributed by atoms with Crippen molar-refractivity contribution in [1.29, 1.82) is 0 Å². The van der Waals surface area contributed by atoms with E-state index in [1.165, 1.54) is 0 Å². The van der Waals surface area contributed by atoms with Crippen molar-refractivity contribution in [3.8, 4) is 0 Å². The van der Waals surface area contributed by atoms with Gasteiger partial charge in [0.15, 0.2) is 0 Å². The maximum Gasteiger partial charge on any atom is 0.303 e. The number of methoxy groups -OCH3 is 1. The number of nitrogens with zero attached hydrogens (tertiary/aromatic N) is 1. The Hall–Kier alpha value is -1.14. The normalized spacial score (nSPS) is 10.4. The number of nitrogens with one attached hydrogen (secondary N) is 1. The summed E-state index contributed by atoms with van der Waals surface area (Å²) in [5.41, 5.74) is 0. The van der Waals surface area contributed by atoms with Gasteiger partial charge in [-0.1, -0.05) is 0 Å². The van der Waals surface area contributed by atoms with Crippen LogP contribution in [0.3, 0.4) is 0 Å². The van der Waals surface area contributed by atoms with Crippen LogP contribution in [-0.4, -0.2) is 62.3 Å². The molecule has 0 heterocycles. The third-order valence-electron chi connectivity index (χ3n) is 2.06. The Labute approximate surface area is 95.6 Å². The molecular formula is C10H20N2O4. The predicted molar refractivity (Wildman–Crippen MR) is 59.3 cm³/mol. The summed E-state index contributed by atoms with van der Waals surface area (Å²) >= 11 is 0. The molecule has 1 amide bonds. The van der Waals surface area contributed by atoms with Gasteiger partial charge < -0.3 is 20.1 Å². The fourth-order valence-electron chi connectivity index (χ4n) is 1.05. The first-order chi connectivity index (χ1) is 7.56. The summed E-state index contributed by atoms with van der Waals surface area (Å²) in [6.45, 7) is 2.71. The molecule has 0 aliphatic heterocycles. The lowest BCUT2D eigenvalue weighted by Gasteiger charge is -2.15. The molecule has 0 aromatic rings. The number of ether oxygens (including phenoxy) is 1. The van der Waals surface area contributed by atoms with Gasteiger partial charge in [0.2, 0.25) is 5.91 Å². The zero-order chi connectivity index (χ0) is 12.4. The summed E-state index contributed by atoms with van der Waals surface area (Å²) in [6, 6.07) is 0. The van der Waals surface area contributed by atoms with Crippen LogP contribution < -0.4 is 5.32 Å². The summed E-state index contributed by atoms with van der Waals surface area (Å²) in [5.74, 6) is -1.17. The number of aliphatic carboxylic acids is 1. The van der Waals surface area contributed by atoms with Crippen molar-refractivity contribution in [3.05, 3.63) is 0 Å². The highest BCUT2D eigenvalue weighted by molar-refractivity contribution is 5.80. The standard InChI is InChI=1S/C10H20N2O4/c1-12(7-8-16-2)6-5-11-9(13)3-4-10(14)15/h3-8H2,1-2H3,(H,11,13)(H,14,15). The Morgan fingerprint density at radius 3 is 2.56 bits per heavy atom. The van der Waals surface area contributed by atoms with Crippen LogP contribution in [0.15, 0.2) is 0 Å². The van der Waals surface area contributed by atoms with Gasteiger partial charge in [0.1, 0.15) is 0 Å². The van der Waals surface area contributed by atoms with Gasteiger partial charge >= 0.3 is 5.97 Å². The van der Waals surface area contributed by atoms with E-state index >= 15 is 0 Å². The van der Waals surface area contributed by atoms with E-state index < -0.39 is 5.97 Å². The highest BCUT2D eigenvalue weighted by atomic mass is 16.5. The number of carboxylic acids is 1. The molecule has 0 aliphatic rings. The van der Waals surface area contributed by atoms with Gasteiger partial charge in [-0.15, -0.1) is 0 Å². The third-order valence-corrected chi connectivity index (χ3v) is 2.06. The highest BCUT2D eigenvalue weighted by Gasteiger charge is 2.05. The van der Waals surface area contributed by atoms with E-state index in [0.29, 0.717) is 13.2 Å². The minimum absolute atomic E-state index is 0.0388. The molecule has 0 spiro atoms. The number of carboxylic acid groups (broad SMARTS) is 1. The van der Waals surface area contributed by atoms with Crippen molar-refractivity contribution >= 4 is 11.9 Å². The van der Waals surface area contributed by atoms with Gasteiger partial charge in [-0.25, -0.2) is 0 Å². The van der Waals surface area contributed by atoms with E-state index in [9.17, 15) is 9.59 Å². The van der Waals surface area contributed by atoms with E-state index in [2.05, 4.69) is 5.32 Å². The molecule has 0 saturated heterocycles. The zero-order valence-corrected chi connectivity index (χ0v) is 9.86. The van der Waals surface area contributed by atoms with Crippen molar-refractivity contribution in [2.45, 2.75) is 12.8 Å². The second-order valence-electron chi connectivity index (χ2n) is 3.54. The number of amides is 1. The topological polar surface area (TPSA) is 78.9 Å². The van der Waals surface area contributed by atoms with E-state index in [-0.39, 0.29) is 18.7 Å². The molecule has 0 bridgehead atoms. The van der Waals surface area contributed by atoms with Crippen LogP contribution >= 0.6 is 0 Å². The monoisotopic (exact) mass is 232 g/mol. The smallest absolute Gasteiger partial charge is 0.303 e. The summed E-state index contributed by atoms with van der Waals surface area (Å²) in [5, 5.41) is 11.0. The third kappa shape index (κ3) is 9.42. The van der Waals surface area contributed by atoms with Crippen LogP contribution in [-0.2, 0) is 14.3 Å². The minimum atomic E-state index is -0.952. The average Bonchev–Trinajstić information content (AvgIpc) is 2.23. The number of carbonyl (C=O) groups excluding carboxylic acids is 1. The zero-order valence-electron chi connectivity index (χ0n) is 9.86. The lowest BCUT2D eigenvalue weighted by molar-refractivity contribution is -0.138. The second kappa shape index (κ2) is 9.11. The van der Waals surface area contributed by atoms with Crippen molar-refractivity contribution in [3.63, 3.8) is 0 Å². The Kier molecular flexibility index (Phi) is 8.46. The van der Waals surface area contributed by atoms with Crippen molar-refractivity contribution in [2.75, 3.05) is 40.4 Å². The molecule has 0 atom stereocenters. The molecule has 0 aromatic heterocycles. The van der Waals surface area contributed by atoms with Gasteiger partial charge in [-0.05, 0) is 7.05 Å². The first kappa shape index (κ1) is 14.9. The Morgan fingerprint density at radius 1 is 1.31 bits per heavy atom. The van der Waals surface area contributed by atoms with Crippen LogP contribution in [0.25, 0.3) is 0 Å². The Balaban J connectivity index is 3.42. The van der Waals surface area contributed by atoms with Crippen molar-refractivity contribution < 1.29 is 19.4 Å². The first-order valence-corrected chi connectivity index (χ1v) is 5.22. The Morgan fingerprint density at radius 2 is 2.00 bits per heavy atom. The maximum atomic E-state index is 11.1. The molecule has 6 nitrogen and oxygen atoms in total. The SMILES string of the molecule is COCCN(C)CCNC(=O)CCC(=O)O. The van der Waals surface area contributed by atoms with Gasteiger partial charge in [0.05, 0.1) is 13.0 Å². The minimum Gasteiger partial charge on any atom is -0.481 e. The summed E-state index contributed by atoms with van der Waals surface area (Å²) in [7, 11) is 3.57. The van der Waals surface area contributed by atoms with Crippen molar-refractivity contribution in [1.82, 2.24) is 10.2 Å². The van der Waals surface area contributed by atoms with Gasteiger partial charge in [0, 0.05) is 33.2 Å². The molecule has 0 saturated carbocycles. The molecule has 0 aromatic carbocycles. The second-order valence-corrected chi connectivity index (χ2v) is 3.54. The summed E-state index contributed by atoms with van der Waals surface area (Å²) < 4.78 is 4.91. The van der Waals surface area contributed by atoms with Crippen LogP contribution in [0.4, 0.5) is 0 Å². The fourth-order valence-corrected chi connectivity index (χ4v) is 1.05. The number of hydrogen-bond acceptors (Lipinski definition) is 4. The lowest BCUT2D eigenvalue weighted by atomic mass is 10.3. The number of likely N-dealkylation sites (N-methyl/N-ethyl adjacent to an activating group) is 1. The van der Waals surface area contributed by atoms with Crippen LogP contribution in [0.1, 0.15) is 12.8 Å². The summed E-state index contributed by atoms with van der Waals surface area (Å²) in [6.07, 6.45) is -0.0809. The molecular weight excluding hydrogens is 212 g/mol. The molecule has 16 heavy (non-hydrogen) atoms. The van der Waals surface area contributed by atoms with Crippen LogP contribution in [0, 0.1) is 0 Å². The predicted octanol–water partition coefficient (Wildman–Crippen LogP) is -0.454. The van der Waals surface area contributed by atoms with Crippen LogP contribution in [0.2, 0.25) is 0 Å². The quantitative estimate of drug-likeness (QED) is 0.562. The van der Waals surface area contributed by atoms with Crippen molar-refractivity contribution in [2.24, 2.45) is 0 Å². The molecule has 2 N–H and O–H groups in total. The van der Waals surface area contributed by atoms with Gasteiger partial charge in [-0.2, -0.15) is 0 Å². The largest absolute Gasteiger partial charge is 0.481 e. The summed E-state index contributed by atoms with van der Waals surface area (Å²) in [4.78, 5) is 23.4. The van der Waals surface area contributed by atoms with E-state index in [1.807, 2.05) is 11.9 Å². The maximum absolute atomic E-state index is 11.1. The number of hydrogen-bond donors (Lipinski definition) is 2. The number of rotatable bonds is 9. The van der Waals surface area contributed by atoms with Crippen LogP contribution in [0.5, 0.6) is 0 Å². The number of carbonyl (C=O) groups is 2. The van der Waals surface area contributed by atoms with Gasteiger partial charge in [-0.3, -0.25) is 9.59 Å². The molecule has 0 rings (SSSR count). The average molecular weight is 232 g/mol. The lowest BCUT2D eigenvalue weighted by Crippen LogP contribution is -2.34. The van der Waals surface area contributed by atoms with Gasteiger partial charge in [0.25, 0.3) is 0 Å². The van der Waals surface area contributed by atoms with E-state index in [0.717, 1.165) is 13.1 Å². The molecule has 0 radical (unpaired) electrons. The molecule has 94 valence electrons. The molecule has 0 unspecified atom stereocenters. The first-order valence-electron chi connectivity index (χ1n) is 5.22. The molecule has 6 heteroatoms.